The van der Waals surface area contributed by atoms with Gasteiger partial charge in [-0.15, -0.1) is 0 Å². The molecule has 0 spiro atoms. The first kappa shape index (κ1) is 14.6. The summed E-state index contributed by atoms with van der Waals surface area (Å²) in [5.41, 5.74) is 2.39. The molecule has 0 aliphatic carbocycles. The maximum absolute atomic E-state index is 5.68. The van der Waals surface area contributed by atoms with Crippen LogP contribution in [0.15, 0.2) is 24.4 Å². The highest BCUT2D eigenvalue weighted by Crippen LogP contribution is 2.32. The van der Waals surface area contributed by atoms with Crippen LogP contribution in [0.25, 0.3) is 0 Å². The van der Waals surface area contributed by atoms with Gasteiger partial charge in [-0.2, -0.15) is 0 Å². The van der Waals surface area contributed by atoms with Gasteiger partial charge in [-0.25, -0.2) is 4.98 Å². The average Bonchev–Trinajstić information content (AvgIpc) is 3.13. The highest BCUT2D eigenvalue weighted by Gasteiger charge is 2.27. The topological polar surface area (TPSA) is 39.5 Å². The molecule has 1 aromatic heterocycles. The zero-order chi connectivity index (χ0) is 15.8. The van der Waals surface area contributed by atoms with Crippen LogP contribution in [0, 0.1) is 6.92 Å². The van der Waals surface area contributed by atoms with E-state index in [-0.39, 0.29) is 0 Å². The van der Waals surface area contributed by atoms with Gasteiger partial charge in [-0.05, 0) is 37.6 Å². The van der Waals surface area contributed by atoms with Crippen molar-refractivity contribution in [3.63, 3.8) is 0 Å². The number of aryl methyl sites for hydroxylation is 2. The molecule has 5 nitrogen and oxygen atoms in total. The molecule has 1 atom stereocenters. The van der Waals surface area contributed by atoms with Gasteiger partial charge < -0.3 is 14.0 Å². The van der Waals surface area contributed by atoms with Crippen LogP contribution >= 0.6 is 0 Å². The second-order valence-electron chi connectivity index (χ2n) is 6.55. The van der Waals surface area contributed by atoms with E-state index in [1.165, 1.54) is 17.8 Å². The molecule has 1 saturated heterocycles. The number of hydrogen-bond donors (Lipinski definition) is 0. The number of hydrogen-bond acceptors (Lipinski definition) is 4. The minimum atomic E-state index is 0.533. The van der Waals surface area contributed by atoms with Crippen molar-refractivity contribution in [2.24, 2.45) is 7.05 Å². The molecule has 1 aromatic carbocycles. The first-order valence-corrected chi connectivity index (χ1v) is 8.30. The average molecular weight is 313 g/mol. The molecule has 122 valence electrons. The zero-order valence-corrected chi connectivity index (χ0v) is 13.8. The minimum Gasteiger partial charge on any atom is -0.486 e. The third kappa shape index (κ3) is 2.93. The number of fused-ring (bicyclic) bond motifs is 1. The molecule has 0 unspecified atom stereocenters. The predicted octanol–water partition coefficient (Wildman–Crippen LogP) is 2.49. The quantitative estimate of drug-likeness (QED) is 0.873. The van der Waals surface area contributed by atoms with Crippen molar-refractivity contribution in [3.8, 4) is 11.5 Å². The number of nitrogens with zero attached hydrogens (tertiary/aromatic N) is 3. The van der Waals surface area contributed by atoms with E-state index in [9.17, 15) is 0 Å². The van der Waals surface area contributed by atoms with Crippen molar-refractivity contribution < 1.29 is 9.47 Å². The third-order valence-corrected chi connectivity index (χ3v) is 4.68. The highest BCUT2D eigenvalue weighted by atomic mass is 16.6. The second-order valence-corrected chi connectivity index (χ2v) is 6.55. The van der Waals surface area contributed by atoms with Gasteiger partial charge in [0.2, 0.25) is 0 Å². The van der Waals surface area contributed by atoms with Gasteiger partial charge >= 0.3 is 0 Å². The fourth-order valence-electron chi connectivity index (χ4n) is 3.65. The van der Waals surface area contributed by atoms with Gasteiger partial charge in [0.15, 0.2) is 11.5 Å². The molecule has 0 saturated carbocycles. The van der Waals surface area contributed by atoms with Crippen LogP contribution in [0.5, 0.6) is 11.5 Å². The Morgan fingerprint density at radius 2 is 2.04 bits per heavy atom. The molecule has 5 heteroatoms. The lowest BCUT2D eigenvalue weighted by Gasteiger charge is -2.21. The van der Waals surface area contributed by atoms with Gasteiger partial charge in [-0.1, -0.05) is 6.07 Å². The van der Waals surface area contributed by atoms with Gasteiger partial charge in [0.05, 0.1) is 5.69 Å². The van der Waals surface area contributed by atoms with Gasteiger partial charge in [0.1, 0.15) is 19.0 Å². The first-order valence-electron chi connectivity index (χ1n) is 8.30. The van der Waals surface area contributed by atoms with Crippen molar-refractivity contribution in [2.75, 3.05) is 26.3 Å². The summed E-state index contributed by atoms with van der Waals surface area (Å²) < 4.78 is 13.4. The third-order valence-electron chi connectivity index (χ3n) is 4.68. The summed E-state index contributed by atoms with van der Waals surface area (Å²) >= 11 is 0. The summed E-state index contributed by atoms with van der Waals surface area (Å²) in [6.45, 7) is 6.48. The molecule has 0 bridgehead atoms. The number of likely N-dealkylation sites (tertiary alicyclic amines) is 1. The number of benzene rings is 1. The minimum absolute atomic E-state index is 0.533. The molecule has 23 heavy (non-hydrogen) atoms. The van der Waals surface area contributed by atoms with Crippen LogP contribution in [-0.4, -0.2) is 40.8 Å². The fourth-order valence-corrected chi connectivity index (χ4v) is 3.65. The summed E-state index contributed by atoms with van der Waals surface area (Å²) in [4.78, 5) is 7.19. The Hall–Kier alpha value is -2.01. The van der Waals surface area contributed by atoms with E-state index in [1.54, 1.807) is 0 Å². The lowest BCUT2D eigenvalue weighted by atomic mass is 10.1. The van der Waals surface area contributed by atoms with Crippen LogP contribution in [0.4, 0.5) is 0 Å². The smallest absolute Gasteiger partial charge is 0.161 e. The Labute approximate surface area is 136 Å². The maximum Gasteiger partial charge on any atom is 0.161 e. The van der Waals surface area contributed by atoms with Crippen molar-refractivity contribution in [1.29, 1.82) is 0 Å². The molecular formula is C18H23N3O2. The van der Waals surface area contributed by atoms with Gasteiger partial charge in [0, 0.05) is 32.3 Å². The lowest BCUT2D eigenvalue weighted by Crippen LogP contribution is -2.21. The fraction of sp³-hybridized carbons (Fsp3) is 0.500. The number of rotatable bonds is 3. The highest BCUT2D eigenvalue weighted by molar-refractivity contribution is 5.43. The summed E-state index contributed by atoms with van der Waals surface area (Å²) in [7, 11) is 2.10. The van der Waals surface area contributed by atoms with E-state index in [0.29, 0.717) is 19.1 Å². The van der Waals surface area contributed by atoms with Crippen LogP contribution in [0.1, 0.15) is 29.4 Å². The van der Waals surface area contributed by atoms with Crippen LogP contribution < -0.4 is 9.47 Å². The number of imidazole rings is 1. The van der Waals surface area contributed by atoms with Gasteiger partial charge in [0.25, 0.3) is 0 Å². The molecule has 0 N–H and O–H groups in total. The van der Waals surface area contributed by atoms with E-state index < -0.39 is 0 Å². The summed E-state index contributed by atoms with van der Waals surface area (Å²) in [5, 5.41) is 0. The van der Waals surface area contributed by atoms with E-state index >= 15 is 0 Å². The first-order chi connectivity index (χ1) is 11.2. The molecule has 0 radical (unpaired) electrons. The Kier molecular flexibility index (Phi) is 3.73. The van der Waals surface area contributed by atoms with E-state index in [1.807, 2.05) is 6.07 Å². The monoisotopic (exact) mass is 313 g/mol. The number of ether oxygens (including phenoxy) is 2. The maximum atomic E-state index is 5.68. The SMILES string of the molecule is Cc1cn(C)c([C@@H]2CCN(Cc3ccc4c(c3)OCCO4)C2)n1. The molecule has 2 aromatic rings. The summed E-state index contributed by atoms with van der Waals surface area (Å²) in [5.74, 6) is 3.49. The standard InChI is InChI=1S/C18H23N3O2/c1-13-10-20(2)18(19-13)15-5-6-21(12-15)11-14-3-4-16-17(9-14)23-8-7-22-16/h3-4,9-10,15H,5-8,11-12H2,1-2H3/t15-/m1/s1. The molecule has 1 fully saturated rings. The largest absolute Gasteiger partial charge is 0.486 e. The Balaban J connectivity index is 1.43. The second kappa shape index (κ2) is 5.89. The van der Waals surface area contributed by atoms with E-state index in [2.05, 4.69) is 41.8 Å². The number of aromatic nitrogens is 2. The van der Waals surface area contributed by atoms with Crippen molar-refractivity contribution in [1.82, 2.24) is 14.5 Å². The molecule has 2 aliphatic rings. The van der Waals surface area contributed by atoms with Crippen LogP contribution in [0.2, 0.25) is 0 Å². The Morgan fingerprint density at radius 1 is 1.22 bits per heavy atom. The molecular weight excluding hydrogens is 290 g/mol. The zero-order valence-electron chi connectivity index (χ0n) is 13.8. The predicted molar refractivity (Wildman–Crippen MR) is 88.0 cm³/mol. The Morgan fingerprint density at radius 3 is 2.83 bits per heavy atom. The molecule has 2 aliphatic heterocycles. The van der Waals surface area contributed by atoms with E-state index in [4.69, 9.17) is 14.5 Å². The molecule has 0 amide bonds. The van der Waals surface area contributed by atoms with Crippen molar-refractivity contribution in [3.05, 3.63) is 41.5 Å². The molecule has 4 rings (SSSR count). The Bertz CT molecular complexity index is 710. The normalized spacial score (nSPS) is 20.9. The van der Waals surface area contributed by atoms with Crippen molar-refractivity contribution in [2.45, 2.75) is 25.8 Å². The van der Waals surface area contributed by atoms with Crippen LogP contribution in [-0.2, 0) is 13.6 Å². The van der Waals surface area contributed by atoms with E-state index in [0.717, 1.165) is 36.8 Å². The molecule has 3 heterocycles. The summed E-state index contributed by atoms with van der Waals surface area (Å²) in [6, 6.07) is 6.29. The lowest BCUT2D eigenvalue weighted by molar-refractivity contribution is 0.171. The summed E-state index contributed by atoms with van der Waals surface area (Å²) in [6.07, 6.45) is 3.29. The van der Waals surface area contributed by atoms with Crippen molar-refractivity contribution >= 4 is 0 Å². The van der Waals surface area contributed by atoms with Crippen LogP contribution in [0.3, 0.4) is 0 Å². The van der Waals surface area contributed by atoms with Gasteiger partial charge in [-0.3, -0.25) is 4.90 Å².